The van der Waals surface area contributed by atoms with E-state index < -0.39 is 6.03 Å². The molecule has 21 heavy (non-hydrogen) atoms. The Kier molecular flexibility index (Phi) is 8.30. The van der Waals surface area contributed by atoms with Gasteiger partial charge in [0.15, 0.2) is 0 Å². The van der Waals surface area contributed by atoms with E-state index in [1.54, 1.807) is 0 Å². The molecule has 6 nitrogen and oxygen atoms in total. The van der Waals surface area contributed by atoms with E-state index in [0.29, 0.717) is 19.0 Å². The molecule has 3 N–H and O–H groups in total. The average molecular weight is 298 g/mol. The average Bonchev–Trinajstić information content (AvgIpc) is 2.44. The Hall–Kier alpha value is -1.14. The molecule has 0 atom stereocenters. The zero-order valence-corrected chi connectivity index (χ0v) is 13.6. The summed E-state index contributed by atoms with van der Waals surface area (Å²) in [6.45, 7) is 7.86. The molecule has 0 spiro atoms. The number of rotatable bonds is 7. The summed E-state index contributed by atoms with van der Waals surface area (Å²) in [5.74, 6) is 0.915. The van der Waals surface area contributed by atoms with Gasteiger partial charge in [-0.05, 0) is 57.8 Å². The van der Waals surface area contributed by atoms with Crippen LogP contribution >= 0.6 is 0 Å². The van der Waals surface area contributed by atoms with E-state index in [-0.39, 0.29) is 5.91 Å². The number of carbonyl (C=O) groups excluding carboxylic acids is 2. The summed E-state index contributed by atoms with van der Waals surface area (Å²) in [6.07, 6.45) is 3.47. The lowest BCUT2D eigenvalue weighted by Crippen LogP contribution is -2.46. The zero-order chi connectivity index (χ0) is 15.7. The van der Waals surface area contributed by atoms with Crippen LogP contribution in [0.15, 0.2) is 0 Å². The van der Waals surface area contributed by atoms with Crippen LogP contribution in [0.4, 0.5) is 4.79 Å². The fraction of sp³-hybridized carbons (Fsp3) is 0.867. The Bertz CT molecular complexity index is 326. The zero-order valence-electron chi connectivity index (χ0n) is 13.6. The topological polar surface area (TPSA) is 73.5 Å². The molecule has 6 heteroatoms. The number of hydrogen-bond acceptors (Lipinski definition) is 4. The second-order valence-corrected chi connectivity index (χ2v) is 6.26. The van der Waals surface area contributed by atoms with Gasteiger partial charge in [0.2, 0.25) is 5.91 Å². The highest BCUT2D eigenvalue weighted by molar-refractivity contribution is 5.95. The molecule has 122 valence electrons. The Balaban J connectivity index is 2.16. The van der Waals surface area contributed by atoms with Crippen molar-refractivity contribution in [2.24, 2.45) is 11.8 Å². The van der Waals surface area contributed by atoms with Crippen molar-refractivity contribution in [2.75, 3.05) is 39.8 Å². The highest BCUT2D eigenvalue weighted by Crippen LogP contribution is 2.19. The number of hydrogen-bond donors (Lipinski definition) is 3. The highest BCUT2D eigenvalue weighted by Gasteiger charge is 2.21. The monoisotopic (exact) mass is 298 g/mol. The van der Waals surface area contributed by atoms with Crippen LogP contribution in [0, 0.1) is 11.8 Å². The lowest BCUT2D eigenvalue weighted by atomic mass is 9.93. The number of carbonyl (C=O) groups is 2. The predicted octanol–water partition coefficient (Wildman–Crippen LogP) is 0.790. The minimum Gasteiger partial charge on any atom is -0.338 e. The Labute approximate surface area is 128 Å². The van der Waals surface area contributed by atoms with Crippen LogP contribution in [0.3, 0.4) is 0 Å². The van der Waals surface area contributed by atoms with Crippen molar-refractivity contribution in [3.05, 3.63) is 0 Å². The number of nitrogens with zero attached hydrogens (tertiary/aromatic N) is 1. The maximum absolute atomic E-state index is 11.8. The summed E-state index contributed by atoms with van der Waals surface area (Å²) in [4.78, 5) is 25.4. The standard InChI is InChI=1S/C15H30N4O2/c1-12(2)10-17-15(21)18-14(20)11-19-8-5-13(6-9-19)4-7-16-3/h12-13,16H,4-11H2,1-3H3,(H2,17,18,20,21). The maximum atomic E-state index is 11.8. The van der Waals surface area contributed by atoms with Crippen molar-refractivity contribution in [3.8, 4) is 0 Å². The molecule has 1 rings (SSSR count). The first-order valence-electron chi connectivity index (χ1n) is 7.96. The van der Waals surface area contributed by atoms with Crippen molar-refractivity contribution in [1.82, 2.24) is 20.9 Å². The molecular formula is C15H30N4O2. The van der Waals surface area contributed by atoms with Gasteiger partial charge in [0.05, 0.1) is 6.54 Å². The van der Waals surface area contributed by atoms with E-state index in [9.17, 15) is 9.59 Å². The predicted molar refractivity (Wildman–Crippen MR) is 84.1 cm³/mol. The van der Waals surface area contributed by atoms with Gasteiger partial charge in [-0.2, -0.15) is 0 Å². The number of amides is 3. The van der Waals surface area contributed by atoms with Crippen LogP contribution in [0.5, 0.6) is 0 Å². The van der Waals surface area contributed by atoms with Gasteiger partial charge in [0.1, 0.15) is 0 Å². The second-order valence-electron chi connectivity index (χ2n) is 6.26. The van der Waals surface area contributed by atoms with Gasteiger partial charge in [0.25, 0.3) is 0 Å². The largest absolute Gasteiger partial charge is 0.338 e. The lowest BCUT2D eigenvalue weighted by molar-refractivity contribution is -0.121. The van der Waals surface area contributed by atoms with E-state index in [4.69, 9.17) is 0 Å². The first kappa shape index (κ1) is 17.9. The molecule has 1 fully saturated rings. The molecule has 1 aliphatic heterocycles. The van der Waals surface area contributed by atoms with Gasteiger partial charge < -0.3 is 10.6 Å². The molecule has 0 unspecified atom stereocenters. The van der Waals surface area contributed by atoms with Crippen LogP contribution in [0.1, 0.15) is 33.1 Å². The van der Waals surface area contributed by atoms with E-state index in [0.717, 1.165) is 38.4 Å². The lowest BCUT2D eigenvalue weighted by Gasteiger charge is -2.31. The van der Waals surface area contributed by atoms with Gasteiger partial charge in [0, 0.05) is 6.54 Å². The normalized spacial score (nSPS) is 17.0. The first-order valence-corrected chi connectivity index (χ1v) is 7.96. The molecule has 0 radical (unpaired) electrons. The van der Waals surface area contributed by atoms with Gasteiger partial charge in [-0.1, -0.05) is 13.8 Å². The van der Waals surface area contributed by atoms with Crippen LogP contribution in [-0.2, 0) is 4.79 Å². The molecule has 0 aromatic heterocycles. The first-order chi connectivity index (χ1) is 10.0. The maximum Gasteiger partial charge on any atom is 0.321 e. The summed E-state index contributed by atoms with van der Waals surface area (Å²) in [5.41, 5.74) is 0. The van der Waals surface area contributed by atoms with Crippen LogP contribution in [0.25, 0.3) is 0 Å². The summed E-state index contributed by atoms with van der Waals surface area (Å²) in [5, 5.41) is 8.25. The minimum atomic E-state index is -0.391. The van der Waals surface area contributed by atoms with Crippen LogP contribution in [0.2, 0.25) is 0 Å². The molecule has 0 saturated carbocycles. The molecule has 3 amide bonds. The van der Waals surface area contributed by atoms with Gasteiger partial charge in [-0.25, -0.2) is 4.79 Å². The van der Waals surface area contributed by atoms with Gasteiger partial charge in [-0.3, -0.25) is 15.0 Å². The fourth-order valence-electron chi connectivity index (χ4n) is 2.49. The molecule has 0 aliphatic carbocycles. The van der Waals surface area contributed by atoms with Crippen molar-refractivity contribution >= 4 is 11.9 Å². The molecule has 0 aromatic carbocycles. The third kappa shape index (κ3) is 8.02. The quantitative estimate of drug-likeness (QED) is 0.650. The van der Waals surface area contributed by atoms with Crippen LogP contribution in [-0.4, -0.2) is 56.6 Å². The number of piperidine rings is 1. The van der Waals surface area contributed by atoms with Gasteiger partial charge in [-0.15, -0.1) is 0 Å². The number of urea groups is 1. The molecule has 1 aliphatic rings. The fourth-order valence-corrected chi connectivity index (χ4v) is 2.49. The smallest absolute Gasteiger partial charge is 0.321 e. The second kappa shape index (κ2) is 9.73. The van der Waals surface area contributed by atoms with Gasteiger partial charge >= 0.3 is 6.03 Å². The van der Waals surface area contributed by atoms with Crippen molar-refractivity contribution in [1.29, 1.82) is 0 Å². The summed E-state index contributed by atoms with van der Waals surface area (Å²) in [7, 11) is 1.98. The number of imide groups is 1. The van der Waals surface area contributed by atoms with Crippen LogP contribution < -0.4 is 16.0 Å². The Morgan fingerprint density at radius 1 is 1.24 bits per heavy atom. The van der Waals surface area contributed by atoms with Crippen molar-refractivity contribution < 1.29 is 9.59 Å². The summed E-state index contributed by atoms with van der Waals surface area (Å²) in [6, 6.07) is -0.391. The third-order valence-electron chi connectivity index (χ3n) is 3.80. The number of likely N-dealkylation sites (tertiary alicyclic amines) is 1. The Morgan fingerprint density at radius 3 is 2.48 bits per heavy atom. The number of nitrogens with one attached hydrogen (secondary N) is 3. The van der Waals surface area contributed by atoms with Crippen molar-refractivity contribution in [3.63, 3.8) is 0 Å². The van der Waals surface area contributed by atoms with E-state index in [1.165, 1.54) is 6.42 Å². The third-order valence-corrected chi connectivity index (χ3v) is 3.80. The molecule has 1 saturated heterocycles. The highest BCUT2D eigenvalue weighted by atomic mass is 16.2. The van der Waals surface area contributed by atoms with E-state index >= 15 is 0 Å². The van der Waals surface area contributed by atoms with E-state index in [2.05, 4.69) is 20.9 Å². The molecular weight excluding hydrogens is 268 g/mol. The Morgan fingerprint density at radius 2 is 1.90 bits per heavy atom. The molecule has 0 bridgehead atoms. The molecule has 1 heterocycles. The summed E-state index contributed by atoms with van der Waals surface area (Å²) >= 11 is 0. The van der Waals surface area contributed by atoms with E-state index in [1.807, 2.05) is 20.9 Å². The van der Waals surface area contributed by atoms with Crippen molar-refractivity contribution in [2.45, 2.75) is 33.1 Å². The SMILES string of the molecule is CNCCC1CCN(CC(=O)NC(=O)NCC(C)C)CC1. The summed E-state index contributed by atoms with van der Waals surface area (Å²) < 4.78 is 0. The minimum absolute atomic E-state index is 0.218. The molecule has 0 aromatic rings.